The van der Waals surface area contributed by atoms with Gasteiger partial charge >= 0.3 is 0 Å². The summed E-state index contributed by atoms with van der Waals surface area (Å²) in [5.41, 5.74) is 3.79. The summed E-state index contributed by atoms with van der Waals surface area (Å²) >= 11 is 0. The number of rotatable bonds is 6. The second-order valence-corrected chi connectivity index (χ2v) is 5.97. The molecule has 0 saturated heterocycles. The molecule has 0 bridgehead atoms. The van der Waals surface area contributed by atoms with Gasteiger partial charge in [-0.05, 0) is 44.5 Å². The van der Waals surface area contributed by atoms with Crippen LogP contribution in [0.5, 0.6) is 0 Å². The lowest BCUT2D eigenvalue weighted by atomic mass is 9.93. The van der Waals surface area contributed by atoms with Crippen LogP contribution < -0.4 is 0 Å². The lowest BCUT2D eigenvalue weighted by Gasteiger charge is -2.34. The van der Waals surface area contributed by atoms with E-state index in [2.05, 4.69) is 53.5 Å². The first kappa shape index (κ1) is 16.2. The van der Waals surface area contributed by atoms with Gasteiger partial charge in [-0.2, -0.15) is 0 Å². The summed E-state index contributed by atoms with van der Waals surface area (Å²) in [6, 6.07) is 8.83. The Labute approximate surface area is 138 Å². The second kappa shape index (κ2) is 7.30. The fourth-order valence-corrected chi connectivity index (χ4v) is 3.33. The molecule has 124 valence electrons. The van der Waals surface area contributed by atoms with E-state index in [0.29, 0.717) is 19.3 Å². The average molecular weight is 314 g/mol. The molecule has 23 heavy (non-hydrogen) atoms. The van der Waals surface area contributed by atoms with Crippen LogP contribution >= 0.6 is 0 Å². The molecule has 0 spiro atoms. The van der Waals surface area contributed by atoms with Crippen LogP contribution in [-0.2, 0) is 9.47 Å². The van der Waals surface area contributed by atoms with Crippen molar-refractivity contribution < 1.29 is 9.47 Å². The Morgan fingerprint density at radius 1 is 1.22 bits per heavy atom. The van der Waals surface area contributed by atoms with Gasteiger partial charge in [-0.1, -0.05) is 24.3 Å². The van der Waals surface area contributed by atoms with Gasteiger partial charge in [0, 0.05) is 42.9 Å². The Morgan fingerprint density at radius 3 is 2.70 bits per heavy atom. The quantitative estimate of drug-likeness (QED) is 0.649. The molecule has 1 aliphatic rings. The number of hydrogen-bond donors (Lipinski definition) is 1. The summed E-state index contributed by atoms with van der Waals surface area (Å²) in [6.45, 7) is 6.26. The van der Waals surface area contributed by atoms with Gasteiger partial charge in [0.1, 0.15) is 0 Å². The predicted molar refractivity (Wildman–Crippen MR) is 93.4 cm³/mol. The Hall–Kier alpha value is -1.62. The minimum absolute atomic E-state index is 0.216. The Bertz CT molecular complexity index is 671. The normalized spacial score (nSPS) is 19.5. The van der Waals surface area contributed by atoms with Crippen LogP contribution in [0.25, 0.3) is 10.9 Å². The van der Waals surface area contributed by atoms with E-state index >= 15 is 0 Å². The number of hydrogen-bond acceptors (Lipinski definition) is 3. The molecule has 4 nitrogen and oxygen atoms in total. The van der Waals surface area contributed by atoms with Crippen LogP contribution in [0.2, 0.25) is 0 Å². The highest BCUT2D eigenvalue weighted by atomic mass is 16.7. The molecule has 1 aromatic heterocycles. The van der Waals surface area contributed by atoms with Gasteiger partial charge in [0.15, 0.2) is 6.29 Å². The first-order chi connectivity index (χ1) is 11.2. The number of ether oxygens (including phenoxy) is 2. The molecule has 3 rings (SSSR count). The number of nitrogens with one attached hydrogen (secondary N) is 1. The van der Waals surface area contributed by atoms with Crippen LogP contribution in [-0.4, -0.2) is 43.0 Å². The van der Waals surface area contributed by atoms with E-state index in [9.17, 15) is 0 Å². The number of fused-ring (bicyclic) bond motifs is 1. The molecule has 1 N–H and O–H groups in total. The van der Waals surface area contributed by atoms with E-state index in [4.69, 9.17) is 9.47 Å². The number of aromatic nitrogens is 1. The van der Waals surface area contributed by atoms with E-state index in [-0.39, 0.29) is 6.29 Å². The van der Waals surface area contributed by atoms with Crippen LogP contribution in [0, 0.1) is 0 Å². The van der Waals surface area contributed by atoms with Crippen LogP contribution in [0.4, 0.5) is 0 Å². The molecule has 4 heteroatoms. The first-order valence-corrected chi connectivity index (χ1v) is 8.43. The highest BCUT2D eigenvalue weighted by Gasteiger charge is 2.28. The maximum atomic E-state index is 5.79. The van der Waals surface area contributed by atoms with E-state index in [1.165, 1.54) is 22.0 Å². The van der Waals surface area contributed by atoms with Crippen LogP contribution in [0.3, 0.4) is 0 Å². The fraction of sp³-hybridized carbons (Fsp3) is 0.474. The number of aromatic amines is 1. The van der Waals surface area contributed by atoms with Crippen LogP contribution in [0.1, 0.15) is 31.9 Å². The molecule has 0 radical (unpaired) electrons. The largest absolute Gasteiger partial charge is 0.361 e. The minimum atomic E-state index is -0.216. The number of nitrogens with zero attached hydrogens (tertiary/aromatic N) is 1. The number of H-pyrrole nitrogens is 1. The van der Waals surface area contributed by atoms with Gasteiger partial charge in [-0.25, -0.2) is 0 Å². The SMILES string of the molecule is CCOC(OCC)C1=CCN(C)C(c2c[nH]c3ccccc23)C1. The minimum Gasteiger partial charge on any atom is -0.361 e. The van der Waals surface area contributed by atoms with E-state index in [1.807, 2.05) is 13.8 Å². The molecule has 1 unspecified atom stereocenters. The topological polar surface area (TPSA) is 37.5 Å². The zero-order valence-electron chi connectivity index (χ0n) is 14.2. The number of para-hydroxylation sites is 1. The zero-order valence-corrected chi connectivity index (χ0v) is 14.2. The summed E-state index contributed by atoms with van der Waals surface area (Å²) in [5.74, 6) is 0. The standard InChI is InChI=1S/C19H26N2O2/c1-4-22-19(23-5-2)14-10-11-21(3)18(12-14)16-13-20-17-9-7-6-8-15(16)17/h6-10,13,18-20H,4-5,11-12H2,1-3H3. The Morgan fingerprint density at radius 2 is 1.96 bits per heavy atom. The van der Waals surface area contributed by atoms with Crippen molar-refractivity contribution in [2.24, 2.45) is 0 Å². The molecule has 2 heterocycles. The molecule has 2 aromatic rings. The third kappa shape index (κ3) is 3.34. The number of benzene rings is 1. The lowest BCUT2D eigenvalue weighted by Crippen LogP contribution is -2.33. The maximum absolute atomic E-state index is 5.79. The van der Waals surface area contributed by atoms with Crippen molar-refractivity contribution in [1.82, 2.24) is 9.88 Å². The molecule has 1 aromatic carbocycles. The molecular formula is C19H26N2O2. The summed E-state index contributed by atoms with van der Waals surface area (Å²) in [6.07, 6.45) is 5.11. The summed E-state index contributed by atoms with van der Waals surface area (Å²) in [7, 11) is 2.18. The molecule has 0 saturated carbocycles. The first-order valence-electron chi connectivity index (χ1n) is 8.43. The second-order valence-electron chi connectivity index (χ2n) is 5.97. The molecule has 0 fully saturated rings. The smallest absolute Gasteiger partial charge is 0.179 e. The van der Waals surface area contributed by atoms with Crippen molar-refractivity contribution in [3.05, 3.63) is 47.7 Å². The molecule has 0 amide bonds. The fourth-order valence-electron chi connectivity index (χ4n) is 3.33. The molecule has 0 aliphatic carbocycles. The molecule has 1 atom stereocenters. The van der Waals surface area contributed by atoms with Crippen LogP contribution in [0.15, 0.2) is 42.1 Å². The van der Waals surface area contributed by atoms with Gasteiger partial charge < -0.3 is 14.5 Å². The van der Waals surface area contributed by atoms with Gasteiger partial charge in [0.2, 0.25) is 0 Å². The summed E-state index contributed by atoms with van der Waals surface area (Å²) in [5, 5.41) is 1.30. The molecular weight excluding hydrogens is 288 g/mol. The summed E-state index contributed by atoms with van der Waals surface area (Å²) < 4.78 is 11.6. The van der Waals surface area contributed by atoms with E-state index in [1.54, 1.807) is 0 Å². The Balaban J connectivity index is 1.87. The zero-order chi connectivity index (χ0) is 16.2. The lowest BCUT2D eigenvalue weighted by molar-refractivity contribution is -0.115. The third-order valence-electron chi connectivity index (χ3n) is 4.52. The molecule has 1 aliphatic heterocycles. The van der Waals surface area contributed by atoms with Crippen molar-refractivity contribution in [3.8, 4) is 0 Å². The van der Waals surface area contributed by atoms with Crippen molar-refractivity contribution in [2.75, 3.05) is 26.8 Å². The van der Waals surface area contributed by atoms with Gasteiger partial charge in [0.25, 0.3) is 0 Å². The maximum Gasteiger partial charge on any atom is 0.179 e. The highest BCUT2D eigenvalue weighted by molar-refractivity contribution is 5.83. The van der Waals surface area contributed by atoms with Gasteiger partial charge in [-0.3, -0.25) is 4.90 Å². The Kier molecular flexibility index (Phi) is 5.16. The predicted octanol–water partition coefficient (Wildman–Crippen LogP) is 3.87. The van der Waals surface area contributed by atoms with Crippen molar-refractivity contribution >= 4 is 10.9 Å². The summed E-state index contributed by atoms with van der Waals surface area (Å²) in [4.78, 5) is 5.77. The average Bonchev–Trinajstić information content (AvgIpc) is 2.99. The van der Waals surface area contributed by atoms with Gasteiger partial charge in [0.05, 0.1) is 0 Å². The van der Waals surface area contributed by atoms with Crippen molar-refractivity contribution in [2.45, 2.75) is 32.6 Å². The van der Waals surface area contributed by atoms with E-state index < -0.39 is 0 Å². The highest BCUT2D eigenvalue weighted by Crippen LogP contribution is 2.36. The van der Waals surface area contributed by atoms with E-state index in [0.717, 1.165) is 13.0 Å². The monoisotopic (exact) mass is 314 g/mol. The third-order valence-corrected chi connectivity index (χ3v) is 4.52. The van der Waals surface area contributed by atoms with Crippen molar-refractivity contribution in [3.63, 3.8) is 0 Å². The van der Waals surface area contributed by atoms with Crippen molar-refractivity contribution in [1.29, 1.82) is 0 Å². The van der Waals surface area contributed by atoms with Gasteiger partial charge in [-0.15, -0.1) is 0 Å². The number of likely N-dealkylation sites (N-methyl/N-ethyl adjacent to an activating group) is 1.